The zero-order valence-corrected chi connectivity index (χ0v) is 16.0. The average Bonchev–Trinajstić information content (AvgIpc) is 3.32. The summed E-state index contributed by atoms with van der Waals surface area (Å²) in [6.45, 7) is 0.409. The Morgan fingerprint density at radius 1 is 1.21 bits per heavy atom. The van der Waals surface area contributed by atoms with Crippen LogP contribution in [0.5, 0.6) is 0 Å². The summed E-state index contributed by atoms with van der Waals surface area (Å²) in [5.74, 6) is 0.649. The summed E-state index contributed by atoms with van der Waals surface area (Å²) in [5, 5.41) is 4.16. The smallest absolute Gasteiger partial charge is 0.240 e. The third-order valence-corrected chi connectivity index (χ3v) is 5.75. The highest BCUT2D eigenvalue weighted by molar-refractivity contribution is 7.89. The van der Waals surface area contributed by atoms with E-state index in [0.717, 1.165) is 16.7 Å². The lowest BCUT2D eigenvalue weighted by Crippen LogP contribution is -2.29. The molecular weight excluding hydrogens is 378 g/mol. The number of hydrogen-bond acceptors (Lipinski definition) is 6. The van der Waals surface area contributed by atoms with E-state index >= 15 is 0 Å². The number of hydrogen-bond donors (Lipinski definition) is 2. The van der Waals surface area contributed by atoms with Gasteiger partial charge in [0.15, 0.2) is 5.58 Å². The highest BCUT2D eigenvalue weighted by atomic mass is 32.2. The monoisotopic (exact) mass is 397 g/mol. The van der Waals surface area contributed by atoms with Gasteiger partial charge in [-0.3, -0.25) is 9.67 Å². The maximum Gasteiger partial charge on any atom is 0.240 e. The van der Waals surface area contributed by atoms with Gasteiger partial charge in [-0.2, -0.15) is 5.10 Å². The van der Waals surface area contributed by atoms with Crippen LogP contribution < -0.4 is 10.5 Å². The second kappa shape index (κ2) is 7.19. The molecule has 0 aliphatic heterocycles. The molecule has 9 heteroatoms. The SMILES string of the molecule is Cn1cc(-c2cc3nccc(-c4cccc(S(=O)(=O)NCCN)c4)c3o2)cn1. The molecule has 0 spiro atoms. The molecule has 0 unspecified atom stereocenters. The molecule has 0 saturated heterocycles. The fourth-order valence-corrected chi connectivity index (χ4v) is 4.06. The summed E-state index contributed by atoms with van der Waals surface area (Å²) in [6, 6.07) is 10.3. The number of fused-ring (bicyclic) bond motifs is 1. The number of rotatable bonds is 6. The van der Waals surface area contributed by atoms with Crippen LogP contribution in [-0.2, 0) is 17.1 Å². The maximum atomic E-state index is 12.4. The van der Waals surface area contributed by atoms with Gasteiger partial charge in [0.25, 0.3) is 0 Å². The summed E-state index contributed by atoms with van der Waals surface area (Å²) >= 11 is 0. The summed E-state index contributed by atoms with van der Waals surface area (Å²) in [4.78, 5) is 4.54. The number of nitrogens with two attached hydrogens (primary N) is 1. The Balaban J connectivity index is 1.79. The van der Waals surface area contributed by atoms with Gasteiger partial charge in [-0.1, -0.05) is 12.1 Å². The van der Waals surface area contributed by atoms with Crippen LogP contribution in [0.3, 0.4) is 0 Å². The lowest BCUT2D eigenvalue weighted by molar-refractivity contribution is 0.582. The fourth-order valence-electron chi connectivity index (χ4n) is 2.96. The van der Waals surface area contributed by atoms with Crippen molar-refractivity contribution in [2.24, 2.45) is 12.8 Å². The largest absolute Gasteiger partial charge is 0.454 e. The van der Waals surface area contributed by atoms with E-state index in [2.05, 4.69) is 14.8 Å². The highest BCUT2D eigenvalue weighted by Crippen LogP contribution is 2.34. The first-order chi connectivity index (χ1) is 13.5. The molecule has 0 saturated carbocycles. The van der Waals surface area contributed by atoms with E-state index in [0.29, 0.717) is 16.9 Å². The van der Waals surface area contributed by atoms with Crippen LogP contribution in [0.2, 0.25) is 0 Å². The molecule has 3 N–H and O–H groups in total. The lowest BCUT2D eigenvalue weighted by atomic mass is 10.1. The van der Waals surface area contributed by atoms with Crippen molar-refractivity contribution in [3.8, 4) is 22.5 Å². The molecule has 144 valence electrons. The van der Waals surface area contributed by atoms with Crippen molar-refractivity contribution >= 4 is 21.1 Å². The first-order valence-electron chi connectivity index (χ1n) is 8.66. The number of benzene rings is 1. The maximum absolute atomic E-state index is 12.4. The van der Waals surface area contributed by atoms with E-state index in [1.165, 1.54) is 0 Å². The van der Waals surface area contributed by atoms with Gasteiger partial charge in [0.2, 0.25) is 10.0 Å². The number of aromatic nitrogens is 3. The van der Waals surface area contributed by atoms with Crippen LogP contribution >= 0.6 is 0 Å². The Labute approximate surface area is 162 Å². The molecule has 0 radical (unpaired) electrons. The van der Waals surface area contributed by atoms with E-state index in [1.54, 1.807) is 41.3 Å². The van der Waals surface area contributed by atoms with Crippen molar-refractivity contribution in [2.75, 3.05) is 13.1 Å². The summed E-state index contributed by atoms with van der Waals surface area (Å²) < 4.78 is 35.0. The van der Waals surface area contributed by atoms with Crippen LogP contribution in [-0.4, -0.2) is 36.3 Å². The van der Waals surface area contributed by atoms with Crippen LogP contribution in [0.15, 0.2) is 64.3 Å². The van der Waals surface area contributed by atoms with Crippen LogP contribution in [0.1, 0.15) is 0 Å². The number of sulfonamides is 1. The van der Waals surface area contributed by atoms with Crippen molar-refractivity contribution in [1.29, 1.82) is 0 Å². The molecule has 0 atom stereocenters. The average molecular weight is 397 g/mol. The third kappa shape index (κ3) is 3.42. The molecular formula is C19H19N5O3S. The first-order valence-corrected chi connectivity index (χ1v) is 10.1. The van der Waals surface area contributed by atoms with Gasteiger partial charge in [0.1, 0.15) is 11.3 Å². The van der Waals surface area contributed by atoms with Crippen LogP contribution in [0.25, 0.3) is 33.6 Å². The molecule has 0 fully saturated rings. The minimum atomic E-state index is -3.63. The normalized spacial score (nSPS) is 11.9. The van der Waals surface area contributed by atoms with E-state index in [4.69, 9.17) is 10.2 Å². The molecule has 4 aromatic rings. The van der Waals surface area contributed by atoms with E-state index in [-0.39, 0.29) is 18.0 Å². The van der Waals surface area contributed by atoms with Crippen molar-refractivity contribution in [3.05, 3.63) is 55.0 Å². The van der Waals surface area contributed by atoms with Crippen molar-refractivity contribution in [3.63, 3.8) is 0 Å². The zero-order chi connectivity index (χ0) is 19.7. The van der Waals surface area contributed by atoms with Crippen LogP contribution in [0.4, 0.5) is 0 Å². The van der Waals surface area contributed by atoms with Gasteiger partial charge in [-0.25, -0.2) is 13.1 Å². The topological polar surface area (TPSA) is 116 Å². The molecule has 8 nitrogen and oxygen atoms in total. The first kappa shape index (κ1) is 18.4. The molecule has 4 rings (SSSR count). The Morgan fingerprint density at radius 3 is 2.82 bits per heavy atom. The Bertz CT molecular complexity index is 1240. The predicted octanol–water partition coefficient (Wildman–Crippen LogP) is 2.13. The van der Waals surface area contributed by atoms with Crippen molar-refractivity contribution < 1.29 is 12.8 Å². The Kier molecular flexibility index (Phi) is 4.71. The quantitative estimate of drug-likeness (QED) is 0.515. The molecule has 0 amide bonds. The van der Waals surface area contributed by atoms with E-state index < -0.39 is 10.0 Å². The standard InChI is InChI=1S/C19H19N5O3S/c1-24-12-14(11-22-24)18-10-17-19(27-18)16(5-7-21-17)13-3-2-4-15(9-13)28(25,26)23-8-6-20/h2-5,7,9-12,23H,6,8,20H2,1H3. The molecule has 0 aliphatic carbocycles. The molecule has 0 bridgehead atoms. The third-order valence-electron chi connectivity index (χ3n) is 4.29. The second-order valence-electron chi connectivity index (χ2n) is 6.30. The number of nitrogens with one attached hydrogen (secondary N) is 1. The fraction of sp³-hybridized carbons (Fsp3) is 0.158. The number of aryl methyl sites for hydroxylation is 1. The second-order valence-corrected chi connectivity index (χ2v) is 8.07. The van der Waals surface area contributed by atoms with Gasteiger partial charge in [-0.05, 0) is 23.8 Å². The van der Waals surface area contributed by atoms with Gasteiger partial charge < -0.3 is 10.2 Å². The summed E-state index contributed by atoms with van der Waals surface area (Å²) in [5.41, 5.74) is 8.99. The van der Waals surface area contributed by atoms with Gasteiger partial charge in [-0.15, -0.1) is 0 Å². The minimum Gasteiger partial charge on any atom is -0.454 e. The van der Waals surface area contributed by atoms with Gasteiger partial charge in [0.05, 0.1) is 16.7 Å². The van der Waals surface area contributed by atoms with Crippen molar-refractivity contribution in [2.45, 2.75) is 4.90 Å². The van der Waals surface area contributed by atoms with Gasteiger partial charge >= 0.3 is 0 Å². The van der Waals surface area contributed by atoms with Gasteiger partial charge in [0, 0.05) is 44.2 Å². The summed E-state index contributed by atoms with van der Waals surface area (Å²) in [6.07, 6.45) is 5.25. The summed E-state index contributed by atoms with van der Waals surface area (Å²) in [7, 11) is -1.79. The van der Waals surface area contributed by atoms with Crippen LogP contribution in [0, 0.1) is 0 Å². The Hall–Kier alpha value is -3.01. The molecule has 3 heterocycles. The van der Waals surface area contributed by atoms with E-state index in [9.17, 15) is 8.42 Å². The molecule has 0 aliphatic rings. The lowest BCUT2D eigenvalue weighted by Gasteiger charge is -2.08. The minimum absolute atomic E-state index is 0.169. The number of pyridine rings is 1. The van der Waals surface area contributed by atoms with Crippen molar-refractivity contribution in [1.82, 2.24) is 19.5 Å². The number of furan rings is 1. The zero-order valence-electron chi connectivity index (χ0n) is 15.2. The Morgan fingerprint density at radius 2 is 2.07 bits per heavy atom. The number of nitrogens with zero attached hydrogens (tertiary/aromatic N) is 3. The molecule has 3 aromatic heterocycles. The molecule has 28 heavy (non-hydrogen) atoms. The highest BCUT2D eigenvalue weighted by Gasteiger charge is 2.17. The van der Waals surface area contributed by atoms with E-state index in [1.807, 2.05) is 25.4 Å². The predicted molar refractivity (Wildman–Crippen MR) is 106 cm³/mol. The molecule has 1 aromatic carbocycles.